The Morgan fingerprint density at radius 2 is 1.79 bits per heavy atom. The number of methoxy groups -OCH3 is 1. The molecule has 0 fully saturated rings. The van der Waals surface area contributed by atoms with E-state index in [0.717, 1.165) is 24.1 Å². The summed E-state index contributed by atoms with van der Waals surface area (Å²) in [5, 5.41) is 11.8. The molecule has 0 saturated heterocycles. The predicted molar refractivity (Wildman–Crippen MR) is 158 cm³/mol. The summed E-state index contributed by atoms with van der Waals surface area (Å²) in [4.78, 5) is 13.1. The number of allylic oxidation sites excluding steroid dienone is 1. The average molecular weight is 526 g/mol. The van der Waals surface area contributed by atoms with Crippen LogP contribution >= 0.6 is 0 Å². The number of carbonyl (C=O) groups excluding carboxylic acids is 1. The van der Waals surface area contributed by atoms with Crippen molar-refractivity contribution in [2.45, 2.75) is 47.1 Å². The zero-order valence-corrected chi connectivity index (χ0v) is 24.1. The van der Waals surface area contributed by atoms with Crippen LogP contribution in [0.2, 0.25) is 0 Å². The van der Waals surface area contributed by atoms with E-state index in [9.17, 15) is 4.79 Å². The van der Waals surface area contributed by atoms with Gasteiger partial charge in [-0.1, -0.05) is 80.1 Å². The molecule has 2 aromatic carbocycles. The first kappa shape index (κ1) is 34.5. The minimum atomic E-state index is 0.121. The van der Waals surface area contributed by atoms with Crippen molar-refractivity contribution >= 4 is 6.29 Å². The van der Waals surface area contributed by atoms with Gasteiger partial charge in [0.25, 0.3) is 0 Å². The molecule has 38 heavy (non-hydrogen) atoms. The monoisotopic (exact) mass is 525 g/mol. The van der Waals surface area contributed by atoms with Crippen LogP contribution in [-0.2, 0) is 14.3 Å². The normalized spacial score (nSPS) is 14.0. The molecule has 3 rings (SSSR count). The van der Waals surface area contributed by atoms with Crippen molar-refractivity contribution in [1.82, 2.24) is 10.2 Å². The third-order valence-electron chi connectivity index (χ3n) is 5.24. The van der Waals surface area contributed by atoms with Crippen LogP contribution in [0.15, 0.2) is 90.0 Å². The Morgan fingerprint density at radius 3 is 2.18 bits per heavy atom. The third kappa shape index (κ3) is 14.9. The highest BCUT2D eigenvalue weighted by Gasteiger charge is 2.13. The van der Waals surface area contributed by atoms with Gasteiger partial charge in [-0.15, -0.1) is 0 Å². The van der Waals surface area contributed by atoms with Gasteiger partial charge in [0, 0.05) is 20.7 Å². The fourth-order valence-electron chi connectivity index (χ4n) is 3.07. The highest BCUT2D eigenvalue weighted by molar-refractivity contribution is 5.71. The summed E-state index contributed by atoms with van der Waals surface area (Å²) in [6.45, 7) is 11.3. The lowest BCUT2D eigenvalue weighted by atomic mass is 10.1. The van der Waals surface area contributed by atoms with Crippen LogP contribution in [-0.4, -0.2) is 56.4 Å². The molecule has 2 aromatic rings. The summed E-state index contributed by atoms with van der Waals surface area (Å²) >= 11 is 0. The number of hydrogen-bond donors (Lipinski definition) is 3. The second-order valence-electron chi connectivity index (χ2n) is 8.16. The van der Waals surface area contributed by atoms with Crippen molar-refractivity contribution in [3.05, 3.63) is 101 Å². The van der Waals surface area contributed by atoms with E-state index in [1.54, 1.807) is 19.2 Å². The van der Waals surface area contributed by atoms with E-state index in [2.05, 4.69) is 30.4 Å². The van der Waals surface area contributed by atoms with Crippen LogP contribution < -0.4 is 11.1 Å². The number of ether oxygens (including phenoxy) is 2. The summed E-state index contributed by atoms with van der Waals surface area (Å²) in [5.41, 5.74) is 8.94. The van der Waals surface area contributed by atoms with Crippen molar-refractivity contribution in [1.29, 1.82) is 0 Å². The highest BCUT2D eigenvalue weighted by Crippen LogP contribution is 2.15. The summed E-state index contributed by atoms with van der Waals surface area (Å²) in [5.74, 6) is 1.20. The van der Waals surface area contributed by atoms with Crippen LogP contribution in [0.3, 0.4) is 0 Å². The van der Waals surface area contributed by atoms with E-state index in [1.807, 2.05) is 82.1 Å². The SMILES string of the molecule is CC.CCN(C)/C(NCN)=C(\C=O)OCC1=CCC(OC)C=C1.Cc1cccc(O)c1.Cc1ccccc1. The minimum absolute atomic E-state index is 0.121. The summed E-state index contributed by atoms with van der Waals surface area (Å²) in [7, 11) is 3.55. The number of phenols is 1. The quantitative estimate of drug-likeness (QED) is 0.173. The first-order valence-electron chi connectivity index (χ1n) is 13.0. The van der Waals surface area contributed by atoms with E-state index in [1.165, 1.54) is 5.56 Å². The van der Waals surface area contributed by atoms with Crippen LogP contribution in [0.4, 0.5) is 0 Å². The molecule has 1 aliphatic rings. The molecule has 0 amide bonds. The lowest BCUT2D eigenvalue weighted by Crippen LogP contribution is -2.34. The van der Waals surface area contributed by atoms with Gasteiger partial charge in [0.2, 0.25) is 0 Å². The Kier molecular flexibility index (Phi) is 19.5. The Bertz CT molecular complexity index is 970. The Morgan fingerprint density at radius 1 is 1.13 bits per heavy atom. The predicted octanol–water partition coefficient (Wildman–Crippen LogP) is 5.45. The number of aldehydes is 1. The lowest BCUT2D eigenvalue weighted by Gasteiger charge is -2.23. The Labute approximate surface area is 229 Å². The van der Waals surface area contributed by atoms with Crippen molar-refractivity contribution < 1.29 is 19.4 Å². The van der Waals surface area contributed by atoms with E-state index in [0.29, 0.717) is 24.5 Å². The molecule has 1 unspecified atom stereocenters. The molecule has 210 valence electrons. The van der Waals surface area contributed by atoms with Crippen molar-refractivity contribution in [3.63, 3.8) is 0 Å². The van der Waals surface area contributed by atoms with E-state index >= 15 is 0 Å². The number of nitrogens with zero attached hydrogens (tertiary/aromatic N) is 1. The molecule has 1 atom stereocenters. The maximum atomic E-state index is 11.3. The molecule has 0 aromatic heterocycles. The fraction of sp³-hybridized carbons (Fsp3) is 0.387. The number of nitrogens with one attached hydrogen (secondary N) is 1. The number of hydrogen-bond acceptors (Lipinski definition) is 7. The first-order valence-corrected chi connectivity index (χ1v) is 13.0. The molecule has 0 heterocycles. The molecule has 1 aliphatic carbocycles. The molecular formula is C31H47N3O4. The van der Waals surface area contributed by atoms with E-state index in [4.69, 9.17) is 20.3 Å². The maximum Gasteiger partial charge on any atom is 0.199 e. The number of rotatable bonds is 9. The van der Waals surface area contributed by atoms with Crippen molar-refractivity contribution in [2.24, 2.45) is 5.73 Å². The standard InChI is InChI=1S/C15H25N3O3.C7H8O.C7H8.C2H6/c1-4-18(2)15(17-11-16)14(9-19)21-10-12-5-7-13(20-3)8-6-12;1-6-3-2-4-7(8)5-6;1-7-5-3-2-4-6-7;1-2/h5-7,9,13,17H,4,8,10-11,16H2,1-3H3;2-5,8H,1H3;2-6H,1H3;1-2H3/b15-14+;;;. The van der Waals surface area contributed by atoms with Gasteiger partial charge in [-0.25, -0.2) is 0 Å². The molecule has 0 radical (unpaired) electrons. The number of aryl methyl sites for hydroxylation is 2. The van der Waals surface area contributed by atoms with Gasteiger partial charge in [-0.2, -0.15) is 0 Å². The molecule has 0 spiro atoms. The lowest BCUT2D eigenvalue weighted by molar-refractivity contribution is -0.108. The van der Waals surface area contributed by atoms with Crippen LogP contribution in [0, 0.1) is 13.8 Å². The van der Waals surface area contributed by atoms with Crippen LogP contribution in [0.5, 0.6) is 5.75 Å². The van der Waals surface area contributed by atoms with E-state index < -0.39 is 0 Å². The van der Waals surface area contributed by atoms with Gasteiger partial charge in [0.05, 0.1) is 12.8 Å². The van der Waals surface area contributed by atoms with Gasteiger partial charge >= 0.3 is 0 Å². The summed E-state index contributed by atoms with van der Waals surface area (Å²) < 4.78 is 10.9. The minimum Gasteiger partial charge on any atom is -0.508 e. The third-order valence-corrected chi connectivity index (χ3v) is 5.24. The molecular weight excluding hydrogens is 478 g/mol. The highest BCUT2D eigenvalue weighted by atomic mass is 16.5. The summed E-state index contributed by atoms with van der Waals surface area (Å²) in [6.07, 6.45) is 7.63. The Hall–Kier alpha value is -3.55. The largest absolute Gasteiger partial charge is 0.508 e. The number of phenolic OH excluding ortho intramolecular Hbond substituents is 1. The molecule has 0 aliphatic heterocycles. The van der Waals surface area contributed by atoms with Gasteiger partial charge < -0.3 is 30.5 Å². The Balaban J connectivity index is 0.000000650. The van der Waals surface area contributed by atoms with Gasteiger partial charge in [0.15, 0.2) is 12.0 Å². The zero-order chi connectivity index (χ0) is 28.8. The number of nitrogens with two attached hydrogens (primary N) is 1. The van der Waals surface area contributed by atoms with E-state index in [-0.39, 0.29) is 18.5 Å². The molecule has 7 nitrogen and oxygen atoms in total. The molecule has 0 saturated carbocycles. The van der Waals surface area contributed by atoms with Crippen LogP contribution in [0.1, 0.15) is 38.3 Å². The molecule has 7 heteroatoms. The van der Waals surface area contributed by atoms with Crippen molar-refractivity contribution in [3.8, 4) is 5.75 Å². The maximum absolute atomic E-state index is 11.3. The van der Waals surface area contributed by atoms with Crippen molar-refractivity contribution in [2.75, 3.05) is 34.0 Å². The second kappa shape index (κ2) is 21.5. The van der Waals surface area contributed by atoms with Gasteiger partial charge in [-0.05, 0) is 50.5 Å². The number of benzene rings is 2. The fourth-order valence-corrected chi connectivity index (χ4v) is 3.07. The number of aromatic hydroxyl groups is 1. The average Bonchev–Trinajstić information content (AvgIpc) is 2.94. The second-order valence-corrected chi connectivity index (χ2v) is 8.16. The zero-order valence-electron chi connectivity index (χ0n) is 24.1. The van der Waals surface area contributed by atoms with Gasteiger partial charge in [-0.3, -0.25) is 4.79 Å². The molecule has 4 N–H and O–H groups in total. The first-order chi connectivity index (χ1) is 18.3. The van der Waals surface area contributed by atoms with Gasteiger partial charge in [0.1, 0.15) is 18.2 Å². The molecule has 0 bridgehead atoms. The number of carbonyl (C=O) groups is 1. The smallest absolute Gasteiger partial charge is 0.199 e. The topological polar surface area (TPSA) is 97.1 Å². The van der Waals surface area contributed by atoms with Crippen LogP contribution in [0.25, 0.3) is 0 Å². The summed E-state index contributed by atoms with van der Waals surface area (Å²) in [6, 6.07) is 17.4.